The number of carbonyl (C=O) groups is 2. The summed E-state index contributed by atoms with van der Waals surface area (Å²) < 4.78 is 7.16. The monoisotopic (exact) mass is 907 g/mol. The number of anilines is 1. The predicted molar refractivity (Wildman–Crippen MR) is 263 cm³/mol. The minimum absolute atomic E-state index is 0.0493. The summed E-state index contributed by atoms with van der Waals surface area (Å²) in [5.41, 5.74) is 10.0. The fraction of sp³-hybridized carbons (Fsp3) is 0.179. The third-order valence-corrected chi connectivity index (χ3v) is 13.0. The third-order valence-electron chi connectivity index (χ3n) is 12.8. The smallest absolute Gasteiger partial charge is 0.309 e. The zero-order chi connectivity index (χ0) is 47.1. The molecule has 0 aromatic heterocycles. The Hall–Kier alpha value is -7.87. The van der Waals surface area contributed by atoms with E-state index in [0.29, 0.717) is 41.3 Å². The van der Waals surface area contributed by atoms with Crippen molar-refractivity contribution in [2.75, 3.05) is 24.6 Å². The van der Waals surface area contributed by atoms with E-state index in [4.69, 9.17) is 16.3 Å². The first-order valence-electron chi connectivity index (χ1n) is 22.0. The first-order chi connectivity index (χ1) is 32.4. The Morgan fingerprint density at radius 1 is 0.836 bits per heavy atom. The van der Waals surface area contributed by atoms with Crippen molar-refractivity contribution < 1.29 is 28.9 Å². The van der Waals surface area contributed by atoms with E-state index in [0.717, 1.165) is 56.0 Å². The number of nitro groups is 1. The van der Waals surface area contributed by atoms with Gasteiger partial charge in [0.2, 0.25) is 5.69 Å². The van der Waals surface area contributed by atoms with Crippen molar-refractivity contribution in [1.82, 2.24) is 0 Å². The Kier molecular flexibility index (Phi) is 13.4. The second kappa shape index (κ2) is 19.7. The first-order valence-corrected chi connectivity index (χ1v) is 22.4. The lowest BCUT2D eigenvalue weighted by molar-refractivity contribution is -0.436. The molecule has 1 N–H and O–H groups in total. The van der Waals surface area contributed by atoms with E-state index in [1.54, 1.807) is 30.4 Å². The zero-order valence-corrected chi connectivity index (χ0v) is 37.9. The summed E-state index contributed by atoms with van der Waals surface area (Å²) in [5.74, 6) is -0.977. The fourth-order valence-electron chi connectivity index (χ4n) is 9.59. The van der Waals surface area contributed by atoms with Crippen LogP contribution in [0.3, 0.4) is 0 Å². The third kappa shape index (κ3) is 9.60. The summed E-state index contributed by atoms with van der Waals surface area (Å²) >= 11 is 6.82. The van der Waals surface area contributed by atoms with Crippen LogP contribution in [0.15, 0.2) is 181 Å². The summed E-state index contributed by atoms with van der Waals surface area (Å²) in [5, 5.41) is 33.4. The number of hydrogen-bond donors (Lipinski definition) is 1. The van der Waals surface area contributed by atoms with E-state index < -0.39 is 21.7 Å². The predicted octanol–water partition coefficient (Wildman–Crippen LogP) is 11.7. The molecule has 1 atom stereocenters. The number of halogens is 1. The van der Waals surface area contributed by atoms with E-state index >= 15 is 0 Å². The van der Waals surface area contributed by atoms with Crippen molar-refractivity contribution in [3.8, 4) is 28.3 Å². The van der Waals surface area contributed by atoms with Gasteiger partial charge in [-0.25, -0.2) is 0 Å². The molecular formula is C56H48ClN4O6+. The van der Waals surface area contributed by atoms with E-state index in [9.17, 15) is 30.1 Å². The molecule has 6 aromatic carbocycles. The molecule has 10 nitrogen and oxygen atoms in total. The summed E-state index contributed by atoms with van der Waals surface area (Å²) in [6, 6.07) is 49.4. The maximum Gasteiger partial charge on any atom is 0.309 e. The number of ether oxygens (including phenoxy) is 1. The highest BCUT2D eigenvalue weighted by atomic mass is 35.5. The van der Waals surface area contributed by atoms with Crippen LogP contribution in [-0.4, -0.2) is 52.5 Å². The van der Waals surface area contributed by atoms with Crippen molar-refractivity contribution in [3.63, 3.8) is 0 Å². The molecule has 11 heteroatoms. The van der Waals surface area contributed by atoms with E-state index in [-0.39, 0.29) is 31.7 Å². The normalized spacial score (nSPS) is 16.8. The molecule has 0 saturated carbocycles. The Balaban J connectivity index is 1.26. The summed E-state index contributed by atoms with van der Waals surface area (Å²) in [7, 11) is 0. The second-order valence-electron chi connectivity index (χ2n) is 17.2. The Bertz CT molecular complexity index is 3030. The van der Waals surface area contributed by atoms with Crippen LogP contribution in [-0.2, 0) is 38.0 Å². The molecule has 2 aliphatic heterocycles. The number of carboxylic acids is 1. The molecule has 8 rings (SSSR count). The molecule has 67 heavy (non-hydrogen) atoms. The Morgan fingerprint density at radius 3 is 2.18 bits per heavy atom. The molecule has 0 radical (unpaired) electrons. The SMILES string of the molecule is CC1(C)\C(=C/C=C(C#N)/C=C/C2=[N+](CCC(=O)O)c3ccc(Cl)cc3C2(Cc2ccc(-c3ccccc3)cc2)Cc2cccc([N+](=O)[O-])c2)N(CCOC=O)c2ccc(-c3ccccc3)cc21. The van der Waals surface area contributed by atoms with Gasteiger partial charge in [0.15, 0.2) is 12.3 Å². The van der Waals surface area contributed by atoms with Crippen molar-refractivity contribution in [3.05, 3.63) is 219 Å². The minimum Gasteiger partial charge on any atom is -0.481 e. The number of non-ortho nitro benzene ring substituents is 1. The average molecular weight is 908 g/mol. The summed E-state index contributed by atoms with van der Waals surface area (Å²) in [6.45, 7) is 5.36. The lowest BCUT2D eigenvalue weighted by Crippen LogP contribution is -2.39. The van der Waals surface area contributed by atoms with Gasteiger partial charge in [-0.2, -0.15) is 9.84 Å². The number of hydrogen-bond acceptors (Lipinski definition) is 7. The largest absolute Gasteiger partial charge is 0.481 e. The van der Waals surface area contributed by atoms with Gasteiger partial charge in [-0.3, -0.25) is 19.7 Å². The maximum absolute atomic E-state index is 12.3. The van der Waals surface area contributed by atoms with Gasteiger partial charge in [0, 0.05) is 51.7 Å². The number of nitro benzene ring substituents is 1. The quantitative estimate of drug-likeness (QED) is 0.0182. The number of nitriles is 1. The van der Waals surface area contributed by atoms with Crippen molar-refractivity contribution in [2.24, 2.45) is 0 Å². The standard InChI is InChI=1S/C56H47ClN4O6/c1-55(2)48-33-45(43-13-7-4-8-14-43)22-24-50(48)60(30-31-67-38-62)52(55)26-18-40(37-58)19-27-53-56(36-41-10-9-15-47(32-41)61(65)66,35-39-16-20-44(21-17-39)42-11-5-3-6-12-42)49-34-46(57)23-25-51(49)59(53)29-28-54(63)64/h3-27,32-34,38H,28-31,35-36H2,1-2H3/p+1. The number of rotatable bonds is 17. The number of carboxylic acid groups (broad SMARTS) is 1. The minimum atomic E-state index is -0.977. The van der Waals surface area contributed by atoms with Gasteiger partial charge in [-0.05, 0) is 94.3 Å². The molecule has 0 aliphatic carbocycles. The van der Waals surface area contributed by atoms with Crippen molar-refractivity contribution in [2.45, 2.75) is 43.9 Å². The van der Waals surface area contributed by atoms with Crippen molar-refractivity contribution >= 4 is 46.8 Å². The van der Waals surface area contributed by atoms with Gasteiger partial charge in [0.25, 0.3) is 12.2 Å². The molecule has 0 spiro atoms. The molecule has 0 saturated heterocycles. The van der Waals surface area contributed by atoms with Gasteiger partial charge < -0.3 is 14.7 Å². The lowest BCUT2D eigenvalue weighted by Gasteiger charge is -2.28. The van der Waals surface area contributed by atoms with Crippen LogP contribution in [0, 0.1) is 21.4 Å². The highest BCUT2D eigenvalue weighted by Gasteiger charge is 2.51. The fourth-order valence-corrected chi connectivity index (χ4v) is 9.77. The summed E-state index contributed by atoms with van der Waals surface area (Å²) in [4.78, 5) is 37.3. The Morgan fingerprint density at radius 2 is 1.51 bits per heavy atom. The molecule has 2 heterocycles. The van der Waals surface area contributed by atoms with Crippen LogP contribution < -0.4 is 4.90 Å². The zero-order valence-electron chi connectivity index (χ0n) is 37.1. The lowest BCUT2D eigenvalue weighted by atomic mass is 9.69. The topological polar surface area (TPSA) is 137 Å². The number of carbonyl (C=O) groups excluding carboxylic acids is 1. The van der Waals surface area contributed by atoms with Crippen LogP contribution in [0.25, 0.3) is 22.3 Å². The van der Waals surface area contributed by atoms with Crippen LogP contribution in [0.5, 0.6) is 0 Å². The van der Waals surface area contributed by atoms with Crippen LogP contribution in [0.2, 0.25) is 5.02 Å². The van der Waals surface area contributed by atoms with Crippen LogP contribution in [0.1, 0.15) is 42.5 Å². The number of aliphatic carboxylic acids is 1. The van der Waals surface area contributed by atoms with Gasteiger partial charge >= 0.3 is 5.97 Å². The number of allylic oxidation sites excluding steroid dienone is 6. The molecule has 1 unspecified atom stereocenters. The first kappa shape index (κ1) is 45.7. The highest BCUT2D eigenvalue weighted by molar-refractivity contribution is 6.30. The molecule has 334 valence electrons. The van der Waals surface area contributed by atoms with Gasteiger partial charge in [0.05, 0.1) is 28.5 Å². The van der Waals surface area contributed by atoms with Crippen LogP contribution >= 0.6 is 11.6 Å². The van der Waals surface area contributed by atoms with Gasteiger partial charge in [-0.15, -0.1) is 0 Å². The highest BCUT2D eigenvalue weighted by Crippen LogP contribution is 2.50. The average Bonchev–Trinajstić information content (AvgIpc) is 3.70. The van der Waals surface area contributed by atoms with Crippen molar-refractivity contribution in [1.29, 1.82) is 5.26 Å². The molecule has 2 aliphatic rings. The Labute approximate surface area is 394 Å². The summed E-state index contributed by atoms with van der Waals surface area (Å²) in [6.07, 6.45) is 7.86. The maximum atomic E-state index is 12.3. The molecule has 0 fully saturated rings. The number of fused-ring (bicyclic) bond motifs is 2. The van der Waals surface area contributed by atoms with E-state index in [2.05, 4.69) is 91.5 Å². The van der Waals surface area contributed by atoms with Crippen LogP contribution in [0.4, 0.5) is 17.1 Å². The number of benzene rings is 6. The van der Waals surface area contributed by atoms with Gasteiger partial charge in [0.1, 0.15) is 13.0 Å². The second-order valence-corrected chi connectivity index (χ2v) is 17.7. The molecule has 6 aromatic rings. The van der Waals surface area contributed by atoms with E-state index in [1.165, 1.54) is 6.07 Å². The molecule has 0 bridgehead atoms. The molecular weight excluding hydrogens is 860 g/mol. The van der Waals surface area contributed by atoms with Gasteiger partial charge in [-0.1, -0.05) is 129 Å². The van der Waals surface area contributed by atoms with E-state index in [1.807, 2.05) is 71.3 Å². The number of nitrogens with zero attached hydrogens (tertiary/aromatic N) is 4. The molecule has 0 amide bonds.